The number of hydrogen-bond acceptors (Lipinski definition) is 5. The number of rotatable bonds is 7. The average molecular weight is 810 g/mol. The van der Waals surface area contributed by atoms with Crippen molar-refractivity contribution >= 4 is 53.3 Å². The molecule has 0 aliphatic carbocycles. The van der Waals surface area contributed by atoms with Crippen LogP contribution >= 0.6 is 11.3 Å². The van der Waals surface area contributed by atoms with Gasteiger partial charge in [0.15, 0.2) is 17.5 Å². The summed E-state index contributed by atoms with van der Waals surface area (Å²) in [5.74, 6) is 2.47. The quantitative estimate of drug-likeness (QED) is 0.161. The van der Waals surface area contributed by atoms with Gasteiger partial charge in [0, 0.05) is 53.8 Å². The van der Waals surface area contributed by atoms with Gasteiger partial charge in [-0.3, -0.25) is 4.57 Å². The van der Waals surface area contributed by atoms with Crippen molar-refractivity contribution in [2.24, 2.45) is 0 Å². The van der Waals surface area contributed by atoms with Crippen molar-refractivity contribution in [2.45, 2.75) is 0 Å². The van der Waals surface area contributed by atoms with E-state index in [-0.39, 0.29) is 0 Å². The smallest absolute Gasteiger partial charge is 0.167 e. The number of nitrogens with zero attached hydrogens (tertiary/aromatic N) is 5. The predicted octanol–water partition coefficient (Wildman–Crippen LogP) is 14.7. The second-order valence-electron chi connectivity index (χ2n) is 15.4. The van der Waals surface area contributed by atoms with Crippen LogP contribution in [0.15, 0.2) is 212 Å². The average Bonchev–Trinajstić information content (AvgIpc) is 3.90. The van der Waals surface area contributed by atoms with Crippen LogP contribution in [0.5, 0.6) is 0 Å². The Morgan fingerprint density at radius 3 is 1.45 bits per heavy atom. The zero-order valence-corrected chi connectivity index (χ0v) is 34.2. The number of thiophene rings is 1. The molecule has 12 aromatic rings. The molecule has 62 heavy (non-hydrogen) atoms. The standard InChI is InChI=1S/C56H35N5S/c1-5-17-36(18-6-1)40-31-41(37-19-7-2-8-20-37)33-42(32-40)43-34-46(55-59-53(38-21-9-3-10-22-38)58-54(60-55)39-23-11-4-12-24-39)56(57-35-43)61-47-27-15-13-25-44(47)51-48(61)29-30-50-52(51)45-26-14-16-28-49(45)62-50/h1-35H. The SMILES string of the molecule is c1ccc(-c2cc(-c3ccccc3)cc(-c3cnc(-n4c5ccccc5c5c6c(ccc54)sc4ccccc46)c(-c4nc(-c5ccccc5)nc(-c5ccccc5)n4)c3)c2)cc1. The van der Waals surface area contributed by atoms with Crippen LogP contribution in [0.2, 0.25) is 0 Å². The zero-order chi connectivity index (χ0) is 41.0. The fourth-order valence-electron chi connectivity index (χ4n) is 8.78. The van der Waals surface area contributed by atoms with Gasteiger partial charge in [0.25, 0.3) is 0 Å². The molecular weight excluding hydrogens is 775 g/mol. The molecule has 0 N–H and O–H groups in total. The van der Waals surface area contributed by atoms with Crippen LogP contribution in [0, 0.1) is 0 Å². The lowest BCUT2D eigenvalue weighted by Crippen LogP contribution is -2.05. The second-order valence-corrected chi connectivity index (χ2v) is 16.5. The number of hydrogen-bond donors (Lipinski definition) is 0. The highest BCUT2D eigenvalue weighted by Crippen LogP contribution is 2.45. The third-order valence-corrected chi connectivity index (χ3v) is 12.8. The molecule has 0 saturated carbocycles. The first-order chi connectivity index (χ1) is 30.7. The molecule has 0 amide bonds. The lowest BCUT2D eigenvalue weighted by molar-refractivity contribution is 1.04. The largest absolute Gasteiger partial charge is 0.293 e. The monoisotopic (exact) mass is 809 g/mol. The third-order valence-electron chi connectivity index (χ3n) is 11.7. The summed E-state index contributed by atoms with van der Waals surface area (Å²) in [5, 5.41) is 4.90. The maximum atomic E-state index is 5.48. The predicted molar refractivity (Wildman–Crippen MR) is 257 cm³/mol. The molecule has 6 heteroatoms. The van der Waals surface area contributed by atoms with Crippen molar-refractivity contribution in [1.82, 2.24) is 24.5 Å². The van der Waals surface area contributed by atoms with E-state index in [2.05, 4.69) is 150 Å². The van der Waals surface area contributed by atoms with Gasteiger partial charge in [-0.15, -0.1) is 11.3 Å². The molecule has 0 bridgehead atoms. The van der Waals surface area contributed by atoms with E-state index < -0.39 is 0 Å². The summed E-state index contributed by atoms with van der Waals surface area (Å²) in [4.78, 5) is 21.2. The molecule has 5 nitrogen and oxygen atoms in total. The summed E-state index contributed by atoms with van der Waals surface area (Å²) in [6.45, 7) is 0. The van der Waals surface area contributed by atoms with Gasteiger partial charge in [0.05, 0.1) is 16.6 Å². The van der Waals surface area contributed by atoms with E-state index in [0.29, 0.717) is 17.5 Å². The topological polar surface area (TPSA) is 56.5 Å². The minimum Gasteiger partial charge on any atom is -0.293 e. The van der Waals surface area contributed by atoms with Crippen LogP contribution in [0.1, 0.15) is 0 Å². The van der Waals surface area contributed by atoms with E-state index in [9.17, 15) is 0 Å². The zero-order valence-electron chi connectivity index (χ0n) is 33.4. The van der Waals surface area contributed by atoms with Crippen molar-refractivity contribution < 1.29 is 0 Å². The maximum Gasteiger partial charge on any atom is 0.167 e. The molecule has 0 radical (unpaired) electrons. The van der Waals surface area contributed by atoms with Gasteiger partial charge >= 0.3 is 0 Å². The Morgan fingerprint density at radius 2 is 0.839 bits per heavy atom. The van der Waals surface area contributed by atoms with Gasteiger partial charge in [-0.2, -0.15) is 0 Å². The van der Waals surface area contributed by atoms with Crippen LogP contribution in [0.25, 0.3) is 115 Å². The lowest BCUT2D eigenvalue weighted by Gasteiger charge is -2.16. The number of para-hydroxylation sites is 1. The Morgan fingerprint density at radius 1 is 0.339 bits per heavy atom. The number of fused-ring (bicyclic) bond motifs is 7. The van der Waals surface area contributed by atoms with Crippen molar-refractivity contribution in [3.8, 4) is 73.4 Å². The van der Waals surface area contributed by atoms with Crippen LogP contribution in [0.3, 0.4) is 0 Å². The Labute approximate surface area is 361 Å². The normalized spacial score (nSPS) is 11.5. The minimum absolute atomic E-state index is 0.539. The van der Waals surface area contributed by atoms with E-state index in [1.54, 1.807) is 0 Å². The van der Waals surface area contributed by atoms with Crippen LogP contribution in [0.4, 0.5) is 0 Å². The molecular formula is C56H35N5S. The van der Waals surface area contributed by atoms with E-state index in [4.69, 9.17) is 19.9 Å². The summed E-state index contributed by atoms with van der Waals surface area (Å²) >= 11 is 1.84. The van der Waals surface area contributed by atoms with E-state index in [1.165, 1.54) is 30.9 Å². The number of aromatic nitrogens is 5. The Kier molecular flexibility index (Phi) is 8.61. The van der Waals surface area contributed by atoms with Gasteiger partial charge in [0.1, 0.15) is 5.82 Å². The number of pyridine rings is 1. The van der Waals surface area contributed by atoms with E-state index in [0.717, 1.165) is 66.9 Å². The third kappa shape index (κ3) is 6.16. The van der Waals surface area contributed by atoms with Crippen LogP contribution in [-0.2, 0) is 0 Å². The molecule has 8 aromatic carbocycles. The first-order valence-electron chi connectivity index (χ1n) is 20.7. The molecule has 290 valence electrons. The summed E-state index contributed by atoms with van der Waals surface area (Å²) in [5.41, 5.74) is 11.3. The highest BCUT2D eigenvalue weighted by molar-refractivity contribution is 7.26. The van der Waals surface area contributed by atoms with Crippen LogP contribution < -0.4 is 0 Å². The molecule has 0 unspecified atom stereocenters. The Hall–Kier alpha value is -8.06. The van der Waals surface area contributed by atoms with Crippen molar-refractivity contribution in [3.05, 3.63) is 212 Å². The van der Waals surface area contributed by atoms with E-state index in [1.807, 2.05) is 78.2 Å². The van der Waals surface area contributed by atoms with Gasteiger partial charge in [-0.1, -0.05) is 158 Å². The van der Waals surface area contributed by atoms with E-state index >= 15 is 0 Å². The Bertz CT molecular complexity index is 3500. The van der Waals surface area contributed by atoms with Crippen molar-refractivity contribution in [3.63, 3.8) is 0 Å². The molecule has 0 saturated heterocycles. The molecule has 4 heterocycles. The van der Waals surface area contributed by atoms with Gasteiger partial charge in [-0.25, -0.2) is 19.9 Å². The minimum atomic E-state index is 0.539. The molecule has 12 rings (SSSR count). The lowest BCUT2D eigenvalue weighted by atomic mass is 9.93. The molecule has 0 aliphatic heterocycles. The van der Waals surface area contributed by atoms with Crippen molar-refractivity contribution in [1.29, 1.82) is 0 Å². The summed E-state index contributed by atoms with van der Waals surface area (Å²) < 4.78 is 4.84. The fourth-order valence-corrected chi connectivity index (χ4v) is 9.89. The first-order valence-corrected chi connectivity index (χ1v) is 21.5. The summed E-state index contributed by atoms with van der Waals surface area (Å²) in [6.07, 6.45) is 2.01. The first kappa shape index (κ1) is 35.8. The van der Waals surface area contributed by atoms with Gasteiger partial charge in [-0.05, 0) is 76.3 Å². The van der Waals surface area contributed by atoms with Gasteiger partial charge < -0.3 is 0 Å². The van der Waals surface area contributed by atoms with Crippen molar-refractivity contribution in [2.75, 3.05) is 0 Å². The maximum absolute atomic E-state index is 5.48. The molecule has 0 aliphatic rings. The Balaban J connectivity index is 1.17. The van der Waals surface area contributed by atoms with Crippen LogP contribution in [-0.4, -0.2) is 24.5 Å². The number of benzene rings is 8. The molecule has 0 atom stereocenters. The molecule has 0 fully saturated rings. The summed E-state index contributed by atoms with van der Waals surface area (Å²) in [6, 6.07) is 72.3. The molecule has 0 spiro atoms. The highest BCUT2D eigenvalue weighted by Gasteiger charge is 2.23. The molecule has 4 aromatic heterocycles. The highest BCUT2D eigenvalue weighted by atomic mass is 32.1. The summed E-state index contributed by atoms with van der Waals surface area (Å²) in [7, 11) is 0. The fraction of sp³-hybridized carbons (Fsp3) is 0. The second kappa shape index (κ2) is 14.9. The van der Waals surface area contributed by atoms with Gasteiger partial charge in [0.2, 0.25) is 0 Å².